The van der Waals surface area contributed by atoms with Crippen LogP contribution < -0.4 is 0 Å². The average molecular weight is 172 g/mol. The molecular weight excluding hydrogens is 160 g/mol. The van der Waals surface area contributed by atoms with Crippen molar-refractivity contribution in [3.63, 3.8) is 0 Å². The lowest BCUT2D eigenvalue weighted by Crippen LogP contribution is -1.82. The van der Waals surface area contributed by atoms with Gasteiger partial charge < -0.3 is 4.74 Å². The molecule has 1 aliphatic rings. The molecule has 0 unspecified atom stereocenters. The van der Waals surface area contributed by atoms with Gasteiger partial charge in [-0.3, -0.25) is 0 Å². The van der Waals surface area contributed by atoms with Crippen molar-refractivity contribution in [1.29, 1.82) is 0 Å². The fourth-order valence-electron chi connectivity index (χ4n) is 1.25. The molecule has 1 nitrogen and oxygen atoms in total. The van der Waals surface area contributed by atoms with E-state index in [0.717, 1.165) is 0 Å². The van der Waals surface area contributed by atoms with Crippen LogP contribution in [0.2, 0.25) is 0 Å². The minimum absolute atomic E-state index is 0.236. The summed E-state index contributed by atoms with van der Waals surface area (Å²) in [6.45, 7) is 3.67. The molecule has 0 aliphatic carbocycles. The molecule has 1 aliphatic heterocycles. The summed E-state index contributed by atoms with van der Waals surface area (Å²) >= 11 is 0. The van der Waals surface area contributed by atoms with Crippen LogP contribution in [0.3, 0.4) is 0 Å². The predicted molar refractivity (Wildman–Crippen MR) is 54.3 cm³/mol. The van der Waals surface area contributed by atoms with Gasteiger partial charge >= 0.3 is 0 Å². The van der Waals surface area contributed by atoms with Gasteiger partial charge in [0.15, 0.2) is 0 Å². The fraction of sp³-hybridized carbons (Fsp3) is 0.167. The molecule has 1 heteroatoms. The van der Waals surface area contributed by atoms with Crippen LogP contribution in [0.25, 0.3) is 6.08 Å². The monoisotopic (exact) mass is 172 g/mol. The van der Waals surface area contributed by atoms with E-state index in [9.17, 15) is 0 Å². The van der Waals surface area contributed by atoms with Gasteiger partial charge in [0, 0.05) is 0 Å². The van der Waals surface area contributed by atoms with Crippen LogP contribution in [-0.4, -0.2) is 12.2 Å². The SMILES string of the molecule is C=C[C@H]1O[C@H]1/C=C/c1ccccc1. The zero-order chi connectivity index (χ0) is 9.10. The van der Waals surface area contributed by atoms with Gasteiger partial charge in [-0.15, -0.1) is 6.58 Å². The summed E-state index contributed by atoms with van der Waals surface area (Å²) in [5.41, 5.74) is 1.21. The Balaban J connectivity index is 1.96. The molecule has 1 saturated heterocycles. The summed E-state index contributed by atoms with van der Waals surface area (Å²) in [4.78, 5) is 0. The molecule has 1 aromatic rings. The third-order valence-corrected chi connectivity index (χ3v) is 2.07. The van der Waals surface area contributed by atoms with E-state index in [1.807, 2.05) is 24.3 Å². The zero-order valence-electron chi connectivity index (χ0n) is 7.39. The summed E-state index contributed by atoms with van der Waals surface area (Å²) < 4.78 is 5.28. The molecule has 13 heavy (non-hydrogen) atoms. The van der Waals surface area contributed by atoms with Gasteiger partial charge in [0.2, 0.25) is 0 Å². The Morgan fingerprint density at radius 2 is 1.92 bits per heavy atom. The molecule has 0 N–H and O–H groups in total. The lowest BCUT2D eigenvalue weighted by Gasteiger charge is -1.88. The van der Waals surface area contributed by atoms with Crippen molar-refractivity contribution in [1.82, 2.24) is 0 Å². The summed E-state index contributed by atoms with van der Waals surface area (Å²) in [5, 5.41) is 0. The Kier molecular flexibility index (Phi) is 2.28. The van der Waals surface area contributed by atoms with E-state index in [1.165, 1.54) is 5.56 Å². The normalized spacial score (nSPS) is 26.2. The predicted octanol–water partition coefficient (Wildman–Crippen LogP) is 2.65. The first kappa shape index (κ1) is 8.27. The van der Waals surface area contributed by atoms with Gasteiger partial charge in [-0.25, -0.2) is 0 Å². The Morgan fingerprint density at radius 3 is 2.54 bits per heavy atom. The van der Waals surface area contributed by atoms with Gasteiger partial charge in [0.05, 0.1) is 0 Å². The van der Waals surface area contributed by atoms with Crippen molar-refractivity contribution in [3.05, 3.63) is 54.6 Å². The maximum absolute atomic E-state index is 5.28. The number of hydrogen-bond donors (Lipinski definition) is 0. The molecular formula is C12H12O. The quantitative estimate of drug-likeness (QED) is 0.504. The lowest BCUT2D eigenvalue weighted by atomic mass is 10.2. The minimum Gasteiger partial charge on any atom is -0.361 e. The van der Waals surface area contributed by atoms with Gasteiger partial charge in [-0.1, -0.05) is 48.6 Å². The Bertz CT molecular complexity index is 313. The van der Waals surface area contributed by atoms with Crippen LogP contribution in [0.5, 0.6) is 0 Å². The highest BCUT2D eigenvalue weighted by Crippen LogP contribution is 2.24. The molecule has 0 aromatic heterocycles. The van der Waals surface area contributed by atoms with E-state index in [4.69, 9.17) is 4.74 Å². The lowest BCUT2D eigenvalue weighted by molar-refractivity contribution is 0.414. The second-order valence-electron chi connectivity index (χ2n) is 3.07. The third-order valence-electron chi connectivity index (χ3n) is 2.07. The molecule has 2 atom stereocenters. The van der Waals surface area contributed by atoms with Crippen LogP contribution in [0.1, 0.15) is 5.56 Å². The van der Waals surface area contributed by atoms with Crippen molar-refractivity contribution in [2.24, 2.45) is 0 Å². The van der Waals surface area contributed by atoms with E-state index < -0.39 is 0 Å². The summed E-state index contributed by atoms with van der Waals surface area (Å²) in [6, 6.07) is 10.2. The standard InChI is InChI=1S/C12H12O/c1-2-11-12(13-11)9-8-10-6-4-3-5-7-10/h2-9,11-12H,1H2/b9-8+/t11-,12+/m1/s1. The molecule has 0 radical (unpaired) electrons. The van der Waals surface area contributed by atoms with E-state index in [-0.39, 0.29) is 12.2 Å². The number of epoxide rings is 1. The maximum Gasteiger partial charge on any atom is 0.107 e. The van der Waals surface area contributed by atoms with Crippen LogP contribution in [-0.2, 0) is 4.74 Å². The highest BCUT2D eigenvalue weighted by atomic mass is 16.6. The van der Waals surface area contributed by atoms with E-state index in [2.05, 4.69) is 30.9 Å². The summed E-state index contributed by atoms with van der Waals surface area (Å²) in [7, 11) is 0. The molecule has 66 valence electrons. The summed E-state index contributed by atoms with van der Waals surface area (Å²) in [6.07, 6.45) is 6.47. The zero-order valence-corrected chi connectivity index (χ0v) is 7.39. The van der Waals surface area contributed by atoms with E-state index >= 15 is 0 Å². The molecule has 1 fully saturated rings. The van der Waals surface area contributed by atoms with Crippen molar-refractivity contribution in [2.75, 3.05) is 0 Å². The highest BCUT2D eigenvalue weighted by Gasteiger charge is 2.32. The van der Waals surface area contributed by atoms with Crippen molar-refractivity contribution < 1.29 is 4.74 Å². The van der Waals surface area contributed by atoms with Gasteiger partial charge in [0.25, 0.3) is 0 Å². The number of rotatable bonds is 3. The molecule has 2 rings (SSSR count). The number of ether oxygens (including phenoxy) is 1. The Morgan fingerprint density at radius 1 is 1.15 bits per heavy atom. The average Bonchev–Trinajstić information content (AvgIpc) is 2.95. The molecule has 0 saturated carbocycles. The van der Waals surface area contributed by atoms with Crippen molar-refractivity contribution in [2.45, 2.75) is 12.2 Å². The van der Waals surface area contributed by atoms with Crippen LogP contribution in [0, 0.1) is 0 Å². The first-order chi connectivity index (χ1) is 6.40. The number of benzene rings is 1. The third kappa shape index (κ3) is 2.07. The second-order valence-corrected chi connectivity index (χ2v) is 3.07. The van der Waals surface area contributed by atoms with Gasteiger partial charge in [-0.05, 0) is 5.56 Å². The first-order valence-corrected chi connectivity index (χ1v) is 4.41. The van der Waals surface area contributed by atoms with Crippen molar-refractivity contribution in [3.8, 4) is 0 Å². The fourth-order valence-corrected chi connectivity index (χ4v) is 1.25. The van der Waals surface area contributed by atoms with Gasteiger partial charge in [0.1, 0.15) is 12.2 Å². The second kappa shape index (κ2) is 3.58. The van der Waals surface area contributed by atoms with Gasteiger partial charge in [-0.2, -0.15) is 0 Å². The Labute approximate surface area is 78.3 Å². The largest absolute Gasteiger partial charge is 0.361 e. The van der Waals surface area contributed by atoms with E-state index in [1.54, 1.807) is 0 Å². The smallest absolute Gasteiger partial charge is 0.107 e. The molecule has 0 amide bonds. The molecule has 1 aromatic carbocycles. The maximum atomic E-state index is 5.28. The van der Waals surface area contributed by atoms with Crippen LogP contribution in [0.15, 0.2) is 49.1 Å². The van der Waals surface area contributed by atoms with Crippen LogP contribution in [0.4, 0.5) is 0 Å². The topological polar surface area (TPSA) is 12.5 Å². The van der Waals surface area contributed by atoms with E-state index in [0.29, 0.717) is 0 Å². The number of hydrogen-bond acceptors (Lipinski definition) is 1. The minimum atomic E-state index is 0.236. The van der Waals surface area contributed by atoms with Crippen LogP contribution >= 0.6 is 0 Å². The summed E-state index contributed by atoms with van der Waals surface area (Å²) in [5.74, 6) is 0. The molecule has 0 spiro atoms. The molecule has 0 bridgehead atoms. The first-order valence-electron chi connectivity index (χ1n) is 4.41. The molecule has 1 heterocycles. The highest BCUT2D eigenvalue weighted by molar-refractivity contribution is 5.50. The van der Waals surface area contributed by atoms with Crippen molar-refractivity contribution >= 4 is 6.08 Å². The Hall–Kier alpha value is -1.34.